The van der Waals surface area contributed by atoms with Gasteiger partial charge in [0.2, 0.25) is 6.41 Å². The summed E-state index contributed by atoms with van der Waals surface area (Å²) in [5.41, 5.74) is 0.563. The minimum atomic E-state index is -0.892. The van der Waals surface area contributed by atoms with Gasteiger partial charge in [-0.25, -0.2) is 8.78 Å². The number of benzene rings is 1. The Morgan fingerprint density at radius 2 is 2.08 bits per heavy atom. The Kier molecular flexibility index (Phi) is 2.95. The first-order valence-electron chi connectivity index (χ1n) is 3.73. The van der Waals surface area contributed by atoms with Crippen molar-refractivity contribution in [1.82, 2.24) is 4.90 Å². The Bertz CT molecular complexity index is 314. The maximum atomic E-state index is 12.7. The van der Waals surface area contributed by atoms with Crippen molar-refractivity contribution in [2.75, 3.05) is 7.05 Å². The summed E-state index contributed by atoms with van der Waals surface area (Å²) in [5.74, 6) is -1.77. The van der Waals surface area contributed by atoms with Crippen LogP contribution in [0.4, 0.5) is 8.78 Å². The first-order valence-corrected chi connectivity index (χ1v) is 3.73. The molecule has 0 aliphatic carbocycles. The van der Waals surface area contributed by atoms with E-state index in [0.29, 0.717) is 12.0 Å². The van der Waals surface area contributed by atoms with Crippen molar-refractivity contribution in [3.05, 3.63) is 35.4 Å². The van der Waals surface area contributed by atoms with E-state index in [0.717, 1.165) is 12.1 Å². The fourth-order valence-corrected chi connectivity index (χ4v) is 0.963. The second-order valence-corrected chi connectivity index (χ2v) is 2.77. The maximum Gasteiger partial charge on any atom is 0.209 e. The standard InChI is InChI=1S/C9H9F2NO/c1-12(6-13)5-7-2-3-8(10)9(11)4-7/h2-4,6H,5H2,1H3. The van der Waals surface area contributed by atoms with E-state index in [1.807, 2.05) is 0 Å². The van der Waals surface area contributed by atoms with Crippen LogP contribution in [0.2, 0.25) is 0 Å². The van der Waals surface area contributed by atoms with E-state index in [1.54, 1.807) is 7.05 Å². The van der Waals surface area contributed by atoms with Gasteiger partial charge >= 0.3 is 0 Å². The average molecular weight is 185 g/mol. The van der Waals surface area contributed by atoms with E-state index in [2.05, 4.69) is 0 Å². The molecule has 0 unspecified atom stereocenters. The predicted molar refractivity (Wildman–Crippen MR) is 43.9 cm³/mol. The van der Waals surface area contributed by atoms with Gasteiger partial charge in [-0.1, -0.05) is 6.07 Å². The molecule has 1 rings (SSSR count). The normalized spacial score (nSPS) is 9.77. The molecular weight excluding hydrogens is 176 g/mol. The third kappa shape index (κ3) is 2.50. The molecule has 0 N–H and O–H groups in total. The highest BCUT2D eigenvalue weighted by Gasteiger charge is 2.03. The SMILES string of the molecule is CN(C=O)Cc1ccc(F)c(F)c1. The van der Waals surface area contributed by atoms with E-state index in [1.165, 1.54) is 11.0 Å². The van der Waals surface area contributed by atoms with Gasteiger partial charge in [0.25, 0.3) is 0 Å². The highest BCUT2D eigenvalue weighted by Crippen LogP contribution is 2.09. The molecule has 0 fully saturated rings. The van der Waals surface area contributed by atoms with Crippen LogP contribution in [0.1, 0.15) is 5.56 Å². The van der Waals surface area contributed by atoms with Crippen LogP contribution < -0.4 is 0 Å². The molecule has 0 aromatic heterocycles. The van der Waals surface area contributed by atoms with Gasteiger partial charge in [-0.05, 0) is 17.7 Å². The lowest BCUT2D eigenvalue weighted by Crippen LogP contribution is -2.15. The van der Waals surface area contributed by atoms with Gasteiger partial charge in [-0.3, -0.25) is 4.79 Å². The van der Waals surface area contributed by atoms with Crippen molar-refractivity contribution in [3.8, 4) is 0 Å². The minimum absolute atomic E-state index is 0.278. The summed E-state index contributed by atoms with van der Waals surface area (Å²) in [6.07, 6.45) is 0.626. The summed E-state index contributed by atoms with van der Waals surface area (Å²) in [4.78, 5) is 11.6. The second kappa shape index (κ2) is 3.98. The smallest absolute Gasteiger partial charge is 0.209 e. The quantitative estimate of drug-likeness (QED) is 0.654. The van der Waals surface area contributed by atoms with Crippen molar-refractivity contribution in [3.63, 3.8) is 0 Å². The zero-order chi connectivity index (χ0) is 9.84. The van der Waals surface area contributed by atoms with Crippen LogP contribution in [-0.4, -0.2) is 18.4 Å². The first-order chi connectivity index (χ1) is 6.13. The molecule has 0 radical (unpaired) electrons. The van der Waals surface area contributed by atoms with Crippen LogP contribution in [0, 0.1) is 11.6 Å². The zero-order valence-electron chi connectivity index (χ0n) is 7.13. The molecule has 1 amide bonds. The van der Waals surface area contributed by atoms with E-state index >= 15 is 0 Å². The lowest BCUT2D eigenvalue weighted by Gasteiger charge is -2.09. The van der Waals surface area contributed by atoms with Crippen LogP contribution in [0.15, 0.2) is 18.2 Å². The molecule has 0 aliphatic heterocycles. The van der Waals surface area contributed by atoms with Gasteiger partial charge in [-0.2, -0.15) is 0 Å². The van der Waals surface area contributed by atoms with Gasteiger partial charge in [0.15, 0.2) is 11.6 Å². The number of rotatable bonds is 3. The molecular formula is C9H9F2NO. The van der Waals surface area contributed by atoms with Gasteiger partial charge in [0, 0.05) is 13.6 Å². The third-order valence-electron chi connectivity index (χ3n) is 1.60. The summed E-state index contributed by atoms with van der Waals surface area (Å²) in [6, 6.07) is 3.57. The van der Waals surface area contributed by atoms with Gasteiger partial charge in [-0.15, -0.1) is 0 Å². The third-order valence-corrected chi connectivity index (χ3v) is 1.60. The van der Waals surface area contributed by atoms with Crippen LogP contribution >= 0.6 is 0 Å². The Morgan fingerprint density at radius 1 is 1.38 bits per heavy atom. The van der Waals surface area contributed by atoms with Crippen molar-refractivity contribution in [2.45, 2.75) is 6.54 Å². The molecule has 70 valence electrons. The molecule has 0 saturated carbocycles. The van der Waals surface area contributed by atoms with E-state index in [4.69, 9.17) is 0 Å². The lowest BCUT2D eigenvalue weighted by atomic mass is 10.2. The van der Waals surface area contributed by atoms with Gasteiger partial charge in [0.1, 0.15) is 0 Å². The van der Waals surface area contributed by atoms with Crippen molar-refractivity contribution in [1.29, 1.82) is 0 Å². The molecule has 0 spiro atoms. The molecule has 1 aromatic rings. The molecule has 1 aromatic carbocycles. The number of hydrogen-bond acceptors (Lipinski definition) is 1. The summed E-state index contributed by atoms with van der Waals surface area (Å²) < 4.78 is 25.1. The molecule has 4 heteroatoms. The Morgan fingerprint density at radius 3 is 2.62 bits per heavy atom. The second-order valence-electron chi connectivity index (χ2n) is 2.77. The van der Waals surface area contributed by atoms with Crippen LogP contribution in [0.25, 0.3) is 0 Å². The highest BCUT2D eigenvalue weighted by atomic mass is 19.2. The van der Waals surface area contributed by atoms with Gasteiger partial charge in [0.05, 0.1) is 0 Å². The van der Waals surface area contributed by atoms with E-state index in [-0.39, 0.29) is 6.54 Å². The monoisotopic (exact) mass is 185 g/mol. The van der Waals surface area contributed by atoms with Crippen molar-refractivity contribution < 1.29 is 13.6 Å². The van der Waals surface area contributed by atoms with Crippen LogP contribution in [0.5, 0.6) is 0 Å². The van der Waals surface area contributed by atoms with Gasteiger partial charge < -0.3 is 4.90 Å². The van der Waals surface area contributed by atoms with Crippen LogP contribution in [0.3, 0.4) is 0 Å². The molecule has 0 aliphatic rings. The number of carbonyl (C=O) groups excluding carboxylic acids is 1. The Hall–Kier alpha value is -1.45. The number of amides is 1. The summed E-state index contributed by atoms with van der Waals surface area (Å²) >= 11 is 0. The van der Waals surface area contributed by atoms with Crippen LogP contribution in [-0.2, 0) is 11.3 Å². The maximum absolute atomic E-state index is 12.7. The Balaban J connectivity index is 2.79. The van der Waals surface area contributed by atoms with E-state index in [9.17, 15) is 13.6 Å². The largest absolute Gasteiger partial charge is 0.344 e. The van der Waals surface area contributed by atoms with Crippen molar-refractivity contribution >= 4 is 6.41 Å². The molecule has 0 heterocycles. The molecule has 2 nitrogen and oxygen atoms in total. The molecule has 0 atom stereocenters. The topological polar surface area (TPSA) is 20.3 Å². The average Bonchev–Trinajstić information content (AvgIpc) is 2.11. The molecule has 13 heavy (non-hydrogen) atoms. The molecule has 0 bridgehead atoms. The number of nitrogens with zero attached hydrogens (tertiary/aromatic N) is 1. The number of carbonyl (C=O) groups is 1. The van der Waals surface area contributed by atoms with Crippen molar-refractivity contribution in [2.24, 2.45) is 0 Å². The predicted octanol–water partition coefficient (Wildman–Crippen LogP) is 1.55. The zero-order valence-corrected chi connectivity index (χ0v) is 7.13. The van der Waals surface area contributed by atoms with E-state index < -0.39 is 11.6 Å². The fourth-order valence-electron chi connectivity index (χ4n) is 0.963. The summed E-state index contributed by atoms with van der Waals surface area (Å²) in [5, 5.41) is 0. The number of halogens is 2. The summed E-state index contributed by atoms with van der Waals surface area (Å²) in [7, 11) is 1.56. The minimum Gasteiger partial charge on any atom is -0.344 e. The lowest BCUT2D eigenvalue weighted by molar-refractivity contribution is -0.117. The number of hydrogen-bond donors (Lipinski definition) is 0. The molecule has 0 saturated heterocycles. The highest BCUT2D eigenvalue weighted by molar-refractivity contribution is 5.46. The summed E-state index contributed by atoms with van der Waals surface area (Å²) in [6.45, 7) is 0.278. The first kappa shape index (κ1) is 9.64. The fraction of sp³-hybridized carbons (Fsp3) is 0.222. The Labute approximate surface area is 74.8 Å².